The highest BCUT2D eigenvalue weighted by Gasteiger charge is 2.20. The molecular weight excluding hydrogens is 935 g/mol. The topological polar surface area (TPSA) is 95.9 Å². The zero-order valence-electron chi connectivity index (χ0n) is 51.5. The standard InChI is InChI=1S/C70H135NO5/c1-3-5-7-9-11-13-15-16-17-18-30-34-37-40-44-48-52-56-60-64-70(75)76-65-61-57-53-49-45-41-38-35-32-29-27-25-23-21-19-20-22-24-26-28-31-33-36-39-43-47-51-55-59-63-69(74)71-67(66-72)68(73)62-58-54-50-46-42-14-12-10-8-6-4-2/h11,13,16-17,67-68,72-73H,3-10,12,14-15,18-66H2,1-2H3,(H,71,74)/b13-11-,17-16-. The summed E-state index contributed by atoms with van der Waals surface area (Å²) in [7, 11) is 0. The first-order valence-electron chi connectivity index (χ1n) is 34.6. The van der Waals surface area contributed by atoms with Gasteiger partial charge in [-0.05, 0) is 57.8 Å². The molecule has 2 unspecified atom stereocenters. The predicted molar refractivity (Wildman–Crippen MR) is 333 cm³/mol. The Morgan fingerprint density at radius 1 is 0.368 bits per heavy atom. The summed E-state index contributed by atoms with van der Waals surface area (Å²) in [4.78, 5) is 24.6. The van der Waals surface area contributed by atoms with Crippen LogP contribution in [0, 0.1) is 0 Å². The van der Waals surface area contributed by atoms with E-state index in [0.717, 1.165) is 51.4 Å². The van der Waals surface area contributed by atoms with Crippen LogP contribution in [0.15, 0.2) is 24.3 Å². The van der Waals surface area contributed by atoms with E-state index in [1.165, 1.54) is 302 Å². The molecule has 0 bridgehead atoms. The Balaban J connectivity index is 3.30. The molecule has 0 spiro atoms. The summed E-state index contributed by atoms with van der Waals surface area (Å²) < 4.78 is 5.51. The summed E-state index contributed by atoms with van der Waals surface area (Å²) in [5, 5.41) is 23.2. The first kappa shape index (κ1) is 74.3. The van der Waals surface area contributed by atoms with Crippen molar-refractivity contribution in [2.75, 3.05) is 13.2 Å². The van der Waals surface area contributed by atoms with Gasteiger partial charge in [-0.2, -0.15) is 0 Å². The van der Waals surface area contributed by atoms with Gasteiger partial charge >= 0.3 is 5.97 Å². The number of rotatable bonds is 65. The number of esters is 1. The molecule has 76 heavy (non-hydrogen) atoms. The van der Waals surface area contributed by atoms with E-state index in [-0.39, 0.29) is 18.5 Å². The second kappa shape index (κ2) is 65.9. The number of allylic oxidation sites excluding steroid dienone is 4. The quantitative estimate of drug-likeness (QED) is 0.0320. The highest BCUT2D eigenvalue weighted by molar-refractivity contribution is 5.76. The van der Waals surface area contributed by atoms with Crippen molar-refractivity contribution < 1.29 is 24.5 Å². The Morgan fingerprint density at radius 2 is 0.658 bits per heavy atom. The summed E-state index contributed by atoms with van der Waals surface area (Å²) in [6, 6.07) is -0.537. The number of carbonyl (C=O) groups is 2. The monoisotopic (exact) mass is 1070 g/mol. The fourth-order valence-electron chi connectivity index (χ4n) is 11.0. The molecule has 0 saturated heterocycles. The van der Waals surface area contributed by atoms with Gasteiger partial charge in [-0.3, -0.25) is 9.59 Å². The van der Waals surface area contributed by atoms with Gasteiger partial charge in [0.25, 0.3) is 0 Å². The van der Waals surface area contributed by atoms with Gasteiger partial charge in [0.2, 0.25) is 5.91 Å². The predicted octanol–water partition coefficient (Wildman–Crippen LogP) is 22.1. The molecule has 0 aliphatic rings. The summed E-state index contributed by atoms with van der Waals surface area (Å²) >= 11 is 0. The van der Waals surface area contributed by atoms with Crippen LogP contribution < -0.4 is 5.32 Å². The maximum absolute atomic E-state index is 12.5. The van der Waals surface area contributed by atoms with Gasteiger partial charge in [0, 0.05) is 12.8 Å². The molecule has 0 rings (SSSR count). The molecule has 2 atom stereocenters. The third kappa shape index (κ3) is 61.6. The zero-order chi connectivity index (χ0) is 55.0. The van der Waals surface area contributed by atoms with Crippen LogP contribution in [0.5, 0.6) is 0 Å². The highest BCUT2D eigenvalue weighted by Crippen LogP contribution is 2.19. The van der Waals surface area contributed by atoms with E-state index in [1.54, 1.807) is 0 Å². The van der Waals surface area contributed by atoms with Gasteiger partial charge in [0.05, 0.1) is 25.4 Å². The van der Waals surface area contributed by atoms with Crippen LogP contribution in [0.3, 0.4) is 0 Å². The molecule has 0 fully saturated rings. The van der Waals surface area contributed by atoms with Gasteiger partial charge in [0.1, 0.15) is 0 Å². The smallest absolute Gasteiger partial charge is 0.305 e. The molecular formula is C70H135NO5. The second-order valence-electron chi connectivity index (χ2n) is 23.9. The van der Waals surface area contributed by atoms with Crippen LogP contribution >= 0.6 is 0 Å². The lowest BCUT2D eigenvalue weighted by Gasteiger charge is -2.22. The maximum Gasteiger partial charge on any atom is 0.305 e. The molecule has 6 heteroatoms. The molecule has 0 radical (unpaired) electrons. The minimum atomic E-state index is -0.660. The average molecular weight is 1070 g/mol. The molecule has 1 amide bonds. The molecule has 0 aromatic carbocycles. The third-order valence-corrected chi connectivity index (χ3v) is 16.3. The molecule has 0 aliphatic heterocycles. The van der Waals surface area contributed by atoms with E-state index in [0.29, 0.717) is 25.9 Å². The van der Waals surface area contributed by atoms with Gasteiger partial charge < -0.3 is 20.3 Å². The Bertz CT molecular complexity index is 1190. The van der Waals surface area contributed by atoms with E-state index in [9.17, 15) is 19.8 Å². The van der Waals surface area contributed by atoms with Crippen molar-refractivity contribution in [2.45, 2.75) is 398 Å². The van der Waals surface area contributed by atoms with E-state index in [1.807, 2.05) is 0 Å². The highest BCUT2D eigenvalue weighted by atomic mass is 16.5. The number of unbranched alkanes of at least 4 members (excludes halogenated alkanes) is 50. The van der Waals surface area contributed by atoms with Crippen molar-refractivity contribution in [3.63, 3.8) is 0 Å². The van der Waals surface area contributed by atoms with Crippen molar-refractivity contribution in [3.8, 4) is 0 Å². The van der Waals surface area contributed by atoms with Crippen LogP contribution in [0.4, 0.5) is 0 Å². The summed E-state index contributed by atoms with van der Waals surface area (Å²) in [5.74, 6) is -0.0144. The first-order valence-corrected chi connectivity index (χ1v) is 34.6. The number of nitrogens with one attached hydrogen (secondary N) is 1. The maximum atomic E-state index is 12.5. The van der Waals surface area contributed by atoms with E-state index in [4.69, 9.17) is 4.74 Å². The van der Waals surface area contributed by atoms with Crippen molar-refractivity contribution in [3.05, 3.63) is 24.3 Å². The molecule has 0 heterocycles. The number of hydrogen-bond acceptors (Lipinski definition) is 5. The number of ether oxygens (including phenoxy) is 1. The van der Waals surface area contributed by atoms with Crippen LogP contribution in [0.25, 0.3) is 0 Å². The Morgan fingerprint density at radius 3 is 1.03 bits per heavy atom. The number of hydrogen-bond donors (Lipinski definition) is 3. The van der Waals surface area contributed by atoms with Crippen LogP contribution in [0.2, 0.25) is 0 Å². The Labute approximate surface area is 475 Å². The minimum Gasteiger partial charge on any atom is -0.466 e. The summed E-state index contributed by atoms with van der Waals surface area (Å²) in [6.45, 7) is 4.95. The van der Waals surface area contributed by atoms with Crippen molar-refractivity contribution in [2.24, 2.45) is 0 Å². The first-order chi connectivity index (χ1) is 37.5. The minimum absolute atomic E-state index is 0.0162. The SMILES string of the molecule is CCCCC/C=C\C/C=C\CCCCCCCCCCCC(=O)OCCCCCCCCCCCCCCCCCCCCCCCCCCCCCCCC(=O)NC(CO)C(O)CCCCCCCCCCCCC. The van der Waals surface area contributed by atoms with E-state index in [2.05, 4.69) is 43.5 Å². The normalized spacial score (nSPS) is 12.6. The van der Waals surface area contributed by atoms with Crippen LogP contribution in [0.1, 0.15) is 386 Å². The number of aliphatic hydroxyl groups excluding tert-OH is 2. The lowest BCUT2D eigenvalue weighted by molar-refractivity contribution is -0.143. The van der Waals surface area contributed by atoms with Crippen molar-refractivity contribution >= 4 is 11.9 Å². The van der Waals surface area contributed by atoms with Gasteiger partial charge in [-0.25, -0.2) is 0 Å². The molecule has 0 saturated carbocycles. The van der Waals surface area contributed by atoms with Crippen molar-refractivity contribution in [1.82, 2.24) is 5.32 Å². The molecule has 0 aliphatic carbocycles. The van der Waals surface area contributed by atoms with Gasteiger partial charge in [-0.1, -0.05) is 340 Å². The molecule has 0 aromatic rings. The lowest BCUT2D eigenvalue weighted by Crippen LogP contribution is -2.45. The molecule has 450 valence electrons. The lowest BCUT2D eigenvalue weighted by atomic mass is 10.0. The van der Waals surface area contributed by atoms with Crippen molar-refractivity contribution in [1.29, 1.82) is 0 Å². The van der Waals surface area contributed by atoms with Crippen LogP contribution in [-0.4, -0.2) is 47.4 Å². The number of amides is 1. The Kier molecular flexibility index (Phi) is 64.4. The summed E-state index contributed by atoms with van der Waals surface area (Å²) in [5.41, 5.74) is 0. The average Bonchev–Trinajstić information content (AvgIpc) is 3.42. The second-order valence-corrected chi connectivity index (χ2v) is 23.9. The summed E-state index contributed by atoms with van der Waals surface area (Å²) in [6.07, 6.45) is 82.3. The van der Waals surface area contributed by atoms with Gasteiger partial charge in [0.15, 0.2) is 0 Å². The zero-order valence-corrected chi connectivity index (χ0v) is 51.5. The number of carbonyl (C=O) groups excluding carboxylic acids is 2. The van der Waals surface area contributed by atoms with Crippen LogP contribution in [-0.2, 0) is 14.3 Å². The molecule has 6 nitrogen and oxygen atoms in total. The van der Waals surface area contributed by atoms with E-state index < -0.39 is 12.1 Å². The molecule has 0 aromatic heterocycles. The Hall–Kier alpha value is -1.66. The van der Waals surface area contributed by atoms with Gasteiger partial charge in [-0.15, -0.1) is 0 Å². The number of aliphatic hydroxyl groups is 2. The molecule has 3 N–H and O–H groups in total. The fraction of sp³-hybridized carbons (Fsp3) is 0.914. The fourth-order valence-corrected chi connectivity index (χ4v) is 11.0. The largest absolute Gasteiger partial charge is 0.466 e. The third-order valence-electron chi connectivity index (χ3n) is 16.3. The van der Waals surface area contributed by atoms with E-state index >= 15 is 0 Å².